The second-order valence-electron chi connectivity index (χ2n) is 4.28. The van der Waals surface area contributed by atoms with Gasteiger partial charge in [-0.2, -0.15) is 0 Å². The molecule has 0 bridgehead atoms. The van der Waals surface area contributed by atoms with Gasteiger partial charge in [0.1, 0.15) is 5.75 Å². The summed E-state index contributed by atoms with van der Waals surface area (Å²) in [4.78, 5) is 0. The minimum Gasteiger partial charge on any atom is -0.493 e. The molecule has 1 atom stereocenters. The summed E-state index contributed by atoms with van der Waals surface area (Å²) in [5, 5.41) is 3.21. The molecule has 0 spiro atoms. The van der Waals surface area contributed by atoms with E-state index in [1.165, 1.54) is 11.1 Å². The lowest BCUT2D eigenvalue weighted by atomic mass is 9.96. The fourth-order valence-electron chi connectivity index (χ4n) is 2.11. The molecule has 82 valence electrons. The molecule has 0 saturated carbocycles. The van der Waals surface area contributed by atoms with E-state index in [1.54, 1.807) is 0 Å². The monoisotopic (exact) mass is 205 g/mol. The first kappa shape index (κ1) is 10.5. The maximum Gasteiger partial charge on any atom is 0.122 e. The quantitative estimate of drug-likeness (QED) is 0.817. The molecule has 0 fully saturated rings. The van der Waals surface area contributed by atoms with Crippen LogP contribution in [0.25, 0.3) is 0 Å². The van der Waals surface area contributed by atoms with Crippen molar-refractivity contribution < 1.29 is 4.74 Å². The molecule has 0 radical (unpaired) electrons. The molecule has 15 heavy (non-hydrogen) atoms. The van der Waals surface area contributed by atoms with Gasteiger partial charge >= 0.3 is 0 Å². The highest BCUT2D eigenvalue weighted by Gasteiger charge is 2.12. The minimum atomic E-state index is 0.572. The van der Waals surface area contributed by atoms with Crippen LogP contribution in [0.15, 0.2) is 18.2 Å². The van der Waals surface area contributed by atoms with Crippen molar-refractivity contribution in [3.8, 4) is 5.75 Å². The number of aryl methyl sites for hydroxylation is 1. The second kappa shape index (κ2) is 4.67. The maximum atomic E-state index is 5.60. The van der Waals surface area contributed by atoms with E-state index in [2.05, 4.69) is 30.4 Å². The van der Waals surface area contributed by atoms with Crippen LogP contribution in [-0.4, -0.2) is 20.2 Å². The Bertz CT molecular complexity index is 335. The molecule has 2 rings (SSSR count). The van der Waals surface area contributed by atoms with Crippen molar-refractivity contribution in [3.63, 3.8) is 0 Å². The van der Waals surface area contributed by atoms with Crippen LogP contribution in [0.2, 0.25) is 0 Å². The number of fused-ring (bicyclic) bond motifs is 1. The minimum absolute atomic E-state index is 0.572. The van der Waals surface area contributed by atoms with Gasteiger partial charge in [0.2, 0.25) is 0 Å². The summed E-state index contributed by atoms with van der Waals surface area (Å²) >= 11 is 0. The number of rotatable bonds is 3. The smallest absolute Gasteiger partial charge is 0.122 e. The van der Waals surface area contributed by atoms with Crippen molar-refractivity contribution in [3.05, 3.63) is 29.3 Å². The lowest BCUT2D eigenvalue weighted by Crippen LogP contribution is -2.15. The molecule has 1 N–H and O–H groups in total. The molecule has 1 aromatic rings. The van der Waals surface area contributed by atoms with Crippen LogP contribution in [0.1, 0.15) is 30.4 Å². The molecule has 0 aliphatic carbocycles. The third-order valence-corrected chi connectivity index (χ3v) is 3.01. The van der Waals surface area contributed by atoms with E-state index in [0.29, 0.717) is 5.92 Å². The second-order valence-corrected chi connectivity index (χ2v) is 4.28. The zero-order valence-corrected chi connectivity index (χ0v) is 9.55. The van der Waals surface area contributed by atoms with Gasteiger partial charge in [-0.3, -0.25) is 0 Å². The van der Waals surface area contributed by atoms with Gasteiger partial charge in [0.15, 0.2) is 0 Å². The predicted octanol–water partition coefficient (Wildman–Crippen LogP) is 2.33. The summed E-state index contributed by atoms with van der Waals surface area (Å²) in [6.45, 7) is 4.15. The molecule has 1 aliphatic rings. The Morgan fingerprint density at radius 1 is 1.47 bits per heavy atom. The molecule has 1 unspecified atom stereocenters. The molecular formula is C13H19NO. The van der Waals surface area contributed by atoms with E-state index in [0.717, 1.165) is 31.7 Å². The summed E-state index contributed by atoms with van der Waals surface area (Å²) in [6, 6.07) is 6.61. The first-order valence-corrected chi connectivity index (χ1v) is 5.71. The highest BCUT2D eigenvalue weighted by Crippen LogP contribution is 2.28. The number of likely N-dealkylation sites (N-methyl/N-ethyl adjacent to an activating group) is 1. The molecule has 1 heterocycles. The van der Waals surface area contributed by atoms with Gasteiger partial charge in [-0.15, -0.1) is 0 Å². The molecule has 2 nitrogen and oxygen atoms in total. The number of nitrogens with one attached hydrogen (secondary N) is 1. The Morgan fingerprint density at radius 2 is 2.33 bits per heavy atom. The number of hydrogen-bond donors (Lipinski definition) is 1. The van der Waals surface area contributed by atoms with Gasteiger partial charge in [-0.1, -0.05) is 19.1 Å². The van der Waals surface area contributed by atoms with Crippen molar-refractivity contribution >= 4 is 0 Å². The molecule has 0 aromatic heterocycles. The SMILES string of the molecule is CNCC(C)c1ccc2c(c1)CCCO2. The average Bonchev–Trinajstić information content (AvgIpc) is 2.29. The highest BCUT2D eigenvalue weighted by atomic mass is 16.5. The predicted molar refractivity (Wildman–Crippen MR) is 62.6 cm³/mol. The van der Waals surface area contributed by atoms with E-state index in [4.69, 9.17) is 4.74 Å². The average molecular weight is 205 g/mol. The summed E-state index contributed by atoms with van der Waals surface area (Å²) < 4.78 is 5.60. The molecule has 0 saturated heterocycles. The van der Waals surface area contributed by atoms with Crippen LogP contribution >= 0.6 is 0 Å². The van der Waals surface area contributed by atoms with Crippen LogP contribution in [0, 0.1) is 0 Å². The van der Waals surface area contributed by atoms with Crippen LogP contribution in [-0.2, 0) is 6.42 Å². The van der Waals surface area contributed by atoms with Gasteiger partial charge in [-0.05, 0) is 43.0 Å². The Morgan fingerprint density at radius 3 is 3.13 bits per heavy atom. The van der Waals surface area contributed by atoms with E-state index in [-0.39, 0.29) is 0 Å². The lowest BCUT2D eigenvalue weighted by molar-refractivity contribution is 0.288. The van der Waals surface area contributed by atoms with Crippen molar-refractivity contribution in [1.82, 2.24) is 5.32 Å². The summed E-state index contributed by atoms with van der Waals surface area (Å²) in [5.74, 6) is 1.66. The maximum absolute atomic E-state index is 5.60. The summed E-state index contributed by atoms with van der Waals surface area (Å²) in [5.41, 5.74) is 2.79. The van der Waals surface area contributed by atoms with Crippen molar-refractivity contribution in [2.45, 2.75) is 25.7 Å². The van der Waals surface area contributed by atoms with E-state index >= 15 is 0 Å². The Kier molecular flexibility index (Phi) is 3.27. The van der Waals surface area contributed by atoms with Gasteiger partial charge in [-0.25, -0.2) is 0 Å². The van der Waals surface area contributed by atoms with E-state index in [9.17, 15) is 0 Å². The standard InChI is InChI=1S/C13H19NO/c1-10(9-14-2)11-5-6-13-12(8-11)4-3-7-15-13/h5-6,8,10,14H,3-4,7,9H2,1-2H3. The van der Waals surface area contributed by atoms with E-state index in [1.807, 2.05) is 7.05 Å². The lowest BCUT2D eigenvalue weighted by Gasteiger charge is -2.19. The summed E-state index contributed by atoms with van der Waals surface area (Å²) in [6.07, 6.45) is 2.31. The van der Waals surface area contributed by atoms with Crippen molar-refractivity contribution in [2.75, 3.05) is 20.2 Å². The van der Waals surface area contributed by atoms with Gasteiger partial charge in [0.25, 0.3) is 0 Å². The number of benzene rings is 1. The topological polar surface area (TPSA) is 21.3 Å². The Hall–Kier alpha value is -1.02. The fourth-order valence-corrected chi connectivity index (χ4v) is 2.11. The first-order valence-electron chi connectivity index (χ1n) is 5.71. The third-order valence-electron chi connectivity index (χ3n) is 3.01. The van der Waals surface area contributed by atoms with Crippen LogP contribution in [0.5, 0.6) is 5.75 Å². The third kappa shape index (κ3) is 2.32. The Balaban J connectivity index is 2.20. The van der Waals surface area contributed by atoms with Crippen molar-refractivity contribution in [2.24, 2.45) is 0 Å². The molecule has 2 heteroatoms. The van der Waals surface area contributed by atoms with Gasteiger partial charge < -0.3 is 10.1 Å². The normalized spacial score (nSPS) is 16.7. The van der Waals surface area contributed by atoms with Gasteiger partial charge in [0.05, 0.1) is 6.61 Å². The van der Waals surface area contributed by atoms with Crippen LogP contribution in [0.4, 0.5) is 0 Å². The summed E-state index contributed by atoms with van der Waals surface area (Å²) in [7, 11) is 2.00. The zero-order chi connectivity index (χ0) is 10.7. The van der Waals surface area contributed by atoms with Crippen LogP contribution in [0.3, 0.4) is 0 Å². The molecule has 0 amide bonds. The first-order chi connectivity index (χ1) is 7.31. The largest absolute Gasteiger partial charge is 0.493 e. The van der Waals surface area contributed by atoms with Crippen LogP contribution < -0.4 is 10.1 Å². The molecular weight excluding hydrogens is 186 g/mol. The van der Waals surface area contributed by atoms with E-state index < -0.39 is 0 Å². The zero-order valence-electron chi connectivity index (χ0n) is 9.55. The number of ether oxygens (including phenoxy) is 1. The number of hydrogen-bond acceptors (Lipinski definition) is 2. The highest BCUT2D eigenvalue weighted by molar-refractivity contribution is 5.39. The fraction of sp³-hybridized carbons (Fsp3) is 0.538. The molecule has 1 aromatic carbocycles. The van der Waals surface area contributed by atoms with Gasteiger partial charge in [0, 0.05) is 6.54 Å². The molecule has 1 aliphatic heterocycles. The Labute approximate surface area is 91.6 Å². The van der Waals surface area contributed by atoms with Crippen molar-refractivity contribution in [1.29, 1.82) is 0 Å².